The van der Waals surface area contributed by atoms with E-state index in [1.54, 1.807) is 29.2 Å². The lowest BCUT2D eigenvalue weighted by Gasteiger charge is -2.37. The summed E-state index contributed by atoms with van der Waals surface area (Å²) in [6, 6.07) is 14.3. The number of rotatable bonds is 6. The predicted molar refractivity (Wildman–Crippen MR) is 135 cm³/mol. The van der Waals surface area contributed by atoms with Crippen molar-refractivity contribution in [1.82, 2.24) is 10.2 Å². The monoisotopic (exact) mass is 493 g/mol. The minimum atomic E-state index is -0.421. The lowest BCUT2D eigenvalue weighted by atomic mass is 9.85. The van der Waals surface area contributed by atoms with E-state index in [2.05, 4.69) is 17.5 Å². The Balaban J connectivity index is 1.45. The van der Waals surface area contributed by atoms with Gasteiger partial charge in [0.1, 0.15) is 17.5 Å². The molecule has 0 saturated carbocycles. The molecule has 1 amide bonds. The Kier molecular flexibility index (Phi) is 6.70. The number of nitrogens with one attached hydrogen (secondary N) is 1. The van der Waals surface area contributed by atoms with Crippen LogP contribution in [0, 0.1) is 5.92 Å². The molecule has 35 heavy (non-hydrogen) atoms. The van der Waals surface area contributed by atoms with E-state index < -0.39 is 6.09 Å². The van der Waals surface area contributed by atoms with E-state index in [4.69, 9.17) is 31.9 Å². The van der Waals surface area contributed by atoms with Crippen molar-refractivity contribution in [2.24, 2.45) is 5.92 Å². The van der Waals surface area contributed by atoms with Crippen LogP contribution in [0.15, 0.2) is 83.1 Å². The Morgan fingerprint density at radius 1 is 1.14 bits per heavy atom. The Bertz CT molecular complexity index is 1170. The number of carbonyl (C=O) groups excluding carboxylic acids is 1. The largest absolute Gasteiger partial charge is 0.494 e. The molecule has 2 heterocycles. The number of nitrogens with zero attached hydrogens (tertiary/aromatic N) is 1. The molecule has 0 aromatic heterocycles. The van der Waals surface area contributed by atoms with Crippen LogP contribution in [-0.2, 0) is 0 Å². The third-order valence-corrected chi connectivity index (χ3v) is 6.80. The topological polar surface area (TPSA) is 97.1 Å². The van der Waals surface area contributed by atoms with Crippen LogP contribution in [0.1, 0.15) is 24.4 Å². The smallest absolute Gasteiger partial charge is 0.416 e. The summed E-state index contributed by atoms with van der Waals surface area (Å²) in [5.74, 6) is 1.33. The highest BCUT2D eigenvalue weighted by molar-refractivity contribution is 6.31. The van der Waals surface area contributed by atoms with Crippen LogP contribution >= 0.6 is 11.6 Å². The summed E-state index contributed by atoms with van der Waals surface area (Å²) in [5.41, 5.74) is 9.60. The number of amides is 1. The molecule has 4 N–H and O–H groups in total. The average molecular weight is 494 g/mol. The van der Waals surface area contributed by atoms with E-state index in [1.165, 1.54) is 5.57 Å². The molecule has 2 aliphatic heterocycles. The SMILES string of the molecule is Nc1ccc(OC(=O)N2CCC3=C(NC4C=CC(Cl)=CC34)C2c2ccc(OCCCO)cc2)cc1. The van der Waals surface area contributed by atoms with Gasteiger partial charge in [0.15, 0.2) is 0 Å². The summed E-state index contributed by atoms with van der Waals surface area (Å²) in [5, 5.41) is 13.4. The molecule has 5 rings (SSSR count). The maximum atomic E-state index is 13.4. The van der Waals surface area contributed by atoms with Crippen molar-refractivity contribution in [2.75, 3.05) is 25.5 Å². The van der Waals surface area contributed by atoms with Gasteiger partial charge in [-0.2, -0.15) is 0 Å². The fraction of sp³-hybridized carbons (Fsp3) is 0.296. The summed E-state index contributed by atoms with van der Waals surface area (Å²) in [6.07, 6.45) is 6.95. The summed E-state index contributed by atoms with van der Waals surface area (Å²) in [7, 11) is 0. The minimum absolute atomic E-state index is 0.0864. The first-order chi connectivity index (χ1) is 17.0. The number of anilines is 1. The van der Waals surface area contributed by atoms with Gasteiger partial charge in [0.2, 0.25) is 0 Å². The highest BCUT2D eigenvalue weighted by atomic mass is 35.5. The van der Waals surface area contributed by atoms with Gasteiger partial charge in [-0.3, -0.25) is 4.90 Å². The molecule has 0 fully saturated rings. The number of aliphatic hydroxyl groups excluding tert-OH is 1. The van der Waals surface area contributed by atoms with Gasteiger partial charge in [-0.1, -0.05) is 35.9 Å². The van der Waals surface area contributed by atoms with Crippen molar-refractivity contribution in [2.45, 2.75) is 24.9 Å². The second-order valence-electron chi connectivity index (χ2n) is 8.82. The van der Waals surface area contributed by atoms with Gasteiger partial charge in [0, 0.05) is 41.9 Å². The fourth-order valence-corrected chi connectivity index (χ4v) is 5.08. The second-order valence-corrected chi connectivity index (χ2v) is 9.26. The highest BCUT2D eigenvalue weighted by Gasteiger charge is 2.43. The Hall–Kier alpha value is -3.42. The van der Waals surface area contributed by atoms with E-state index in [9.17, 15) is 4.79 Å². The van der Waals surface area contributed by atoms with Crippen molar-refractivity contribution < 1.29 is 19.4 Å². The number of benzene rings is 2. The molecule has 1 aliphatic carbocycles. The van der Waals surface area contributed by atoms with E-state index in [0.717, 1.165) is 22.7 Å². The third kappa shape index (κ3) is 4.88. The minimum Gasteiger partial charge on any atom is -0.494 e. The van der Waals surface area contributed by atoms with Crippen molar-refractivity contribution in [3.63, 3.8) is 0 Å². The molecule has 182 valence electrons. The molecule has 3 unspecified atom stereocenters. The first-order valence-electron chi connectivity index (χ1n) is 11.8. The second kappa shape index (κ2) is 10.1. The zero-order chi connectivity index (χ0) is 24.4. The summed E-state index contributed by atoms with van der Waals surface area (Å²) >= 11 is 6.32. The molecule has 2 aromatic carbocycles. The zero-order valence-electron chi connectivity index (χ0n) is 19.2. The number of ether oxygens (including phenoxy) is 2. The zero-order valence-corrected chi connectivity index (χ0v) is 19.9. The van der Waals surface area contributed by atoms with Crippen LogP contribution < -0.4 is 20.5 Å². The van der Waals surface area contributed by atoms with Gasteiger partial charge >= 0.3 is 6.09 Å². The Morgan fingerprint density at radius 3 is 2.63 bits per heavy atom. The molecular formula is C27H28ClN3O4. The van der Waals surface area contributed by atoms with Crippen molar-refractivity contribution >= 4 is 23.4 Å². The quantitative estimate of drug-likeness (QED) is 0.404. The molecule has 3 aliphatic rings. The predicted octanol–water partition coefficient (Wildman–Crippen LogP) is 4.51. The Labute approximate surface area is 209 Å². The fourth-order valence-electron chi connectivity index (χ4n) is 4.87. The van der Waals surface area contributed by atoms with E-state index in [-0.39, 0.29) is 24.6 Å². The molecule has 3 atom stereocenters. The van der Waals surface area contributed by atoms with Crippen LogP contribution in [-0.4, -0.2) is 41.9 Å². The van der Waals surface area contributed by atoms with Gasteiger partial charge in [0.25, 0.3) is 0 Å². The third-order valence-electron chi connectivity index (χ3n) is 6.55. The molecular weight excluding hydrogens is 466 g/mol. The van der Waals surface area contributed by atoms with Crippen molar-refractivity contribution in [3.8, 4) is 11.5 Å². The number of nitrogens with two attached hydrogens (primary N) is 1. The van der Waals surface area contributed by atoms with Crippen LogP contribution in [0.4, 0.5) is 10.5 Å². The van der Waals surface area contributed by atoms with Gasteiger partial charge in [-0.25, -0.2) is 4.79 Å². The molecule has 7 nitrogen and oxygen atoms in total. The maximum Gasteiger partial charge on any atom is 0.416 e. The van der Waals surface area contributed by atoms with Gasteiger partial charge in [-0.05, 0) is 60.0 Å². The van der Waals surface area contributed by atoms with Crippen molar-refractivity contribution in [3.05, 3.63) is 88.6 Å². The van der Waals surface area contributed by atoms with Gasteiger partial charge < -0.3 is 25.6 Å². The lowest BCUT2D eigenvalue weighted by molar-refractivity contribution is 0.134. The molecule has 8 heteroatoms. The van der Waals surface area contributed by atoms with Crippen LogP contribution in [0.25, 0.3) is 0 Å². The normalized spacial score (nSPS) is 22.7. The number of carbonyl (C=O) groups is 1. The van der Waals surface area contributed by atoms with E-state index >= 15 is 0 Å². The number of hydrogen-bond donors (Lipinski definition) is 3. The number of nitrogen functional groups attached to an aromatic ring is 1. The van der Waals surface area contributed by atoms with E-state index in [0.29, 0.717) is 36.8 Å². The highest BCUT2D eigenvalue weighted by Crippen LogP contribution is 2.45. The van der Waals surface area contributed by atoms with Crippen molar-refractivity contribution in [1.29, 1.82) is 0 Å². The van der Waals surface area contributed by atoms with Crippen LogP contribution in [0.3, 0.4) is 0 Å². The molecule has 0 saturated heterocycles. The number of allylic oxidation sites excluding steroid dienone is 2. The van der Waals surface area contributed by atoms with Gasteiger partial charge in [0.05, 0.1) is 12.6 Å². The summed E-state index contributed by atoms with van der Waals surface area (Å²) in [4.78, 5) is 15.1. The lowest BCUT2D eigenvalue weighted by Crippen LogP contribution is -2.43. The molecule has 2 aromatic rings. The number of aliphatic hydroxyl groups is 1. The Morgan fingerprint density at radius 2 is 1.89 bits per heavy atom. The van der Waals surface area contributed by atoms with Gasteiger partial charge in [-0.15, -0.1) is 0 Å². The standard InChI is InChI=1S/C27H28ClN3O4/c28-18-4-11-24-23(16-18)22-12-13-31(27(33)35-21-9-5-19(29)6-10-21)26(25(22)30-24)17-2-7-20(8-3-17)34-15-1-14-32/h2-11,16,23-24,26,30,32H,1,12-15,29H2. The summed E-state index contributed by atoms with van der Waals surface area (Å²) < 4.78 is 11.4. The summed E-state index contributed by atoms with van der Waals surface area (Å²) in [6.45, 7) is 1.05. The molecule has 0 bridgehead atoms. The van der Waals surface area contributed by atoms with E-state index in [1.807, 2.05) is 30.3 Å². The van der Waals surface area contributed by atoms with Crippen LogP contribution in [0.5, 0.6) is 11.5 Å². The molecule has 0 spiro atoms. The van der Waals surface area contributed by atoms with Crippen LogP contribution in [0.2, 0.25) is 0 Å². The average Bonchev–Trinajstić information content (AvgIpc) is 3.23. The first kappa shape index (κ1) is 23.3. The number of fused-ring (bicyclic) bond motifs is 2. The molecule has 0 radical (unpaired) electrons. The first-order valence-corrected chi connectivity index (χ1v) is 12.1. The number of halogens is 1. The maximum absolute atomic E-state index is 13.4. The number of hydrogen-bond acceptors (Lipinski definition) is 6.